The zero-order valence-electron chi connectivity index (χ0n) is 21.2. The standard InChI is InChI=1S/C29H41N2/c1-18(2)24-13-11-14-25(19(3)4)28(24)30-22(9)17-23(10)31-29-26(20(5)6)15-12-16-27(29)21(7)8/h11-21H,1-10H3/q-1/b22-17+,31-23?. The summed E-state index contributed by atoms with van der Waals surface area (Å²) in [5.74, 6) is 1.75. The van der Waals surface area contributed by atoms with Crippen LogP contribution in [0.15, 0.2) is 53.2 Å². The van der Waals surface area contributed by atoms with Crippen molar-refractivity contribution < 1.29 is 0 Å². The van der Waals surface area contributed by atoms with E-state index in [-0.39, 0.29) is 0 Å². The minimum absolute atomic E-state index is 0.437. The van der Waals surface area contributed by atoms with Crippen LogP contribution in [0.2, 0.25) is 0 Å². The molecule has 0 radical (unpaired) electrons. The molecule has 0 heterocycles. The molecule has 2 nitrogen and oxygen atoms in total. The molecule has 0 bridgehead atoms. The van der Waals surface area contributed by atoms with Crippen LogP contribution in [0.3, 0.4) is 0 Å². The van der Waals surface area contributed by atoms with E-state index in [0.29, 0.717) is 23.7 Å². The van der Waals surface area contributed by atoms with E-state index >= 15 is 0 Å². The van der Waals surface area contributed by atoms with Gasteiger partial charge in [-0.3, -0.25) is 4.99 Å². The smallest absolute Gasteiger partial charge is 0.0701 e. The molecule has 2 heteroatoms. The number of nitrogens with zero attached hydrogens (tertiary/aromatic N) is 2. The second-order valence-corrected chi connectivity index (χ2v) is 9.84. The molecule has 0 N–H and O–H groups in total. The number of allylic oxidation sites excluding steroid dienone is 2. The number of benzene rings is 2. The Hall–Kier alpha value is -2.35. The molecule has 0 aliphatic rings. The van der Waals surface area contributed by atoms with Crippen molar-refractivity contribution in [2.24, 2.45) is 4.99 Å². The van der Waals surface area contributed by atoms with Crippen LogP contribution in [-0.2, 0) is 0 Å². The molecule has 31 heavy (non-hydrogen) atoms. The lowest BCUT2D eigenvalue weighted by atomic mass is 9.92. The Labute approximate surface area is 190 Å². The maximum Gasteiger partial charge on any atom is 0.0701 e. The van der Waals surface area contributed by atoms with Gasteiger partial charge in [-0.25, -0.2) is 0 Å². The lowest BCUT2D eigenvalue weighted by Crippen LogP contribution is -1.98. The van der Waals surface area contributed by atoms with E-state index in [2.05, 4.69) is 112 Å². The monoisotopic (exact) mass is 417 g/mol. The van der Waals surface area contributed by atoms with Crippen LogP contribution in [0.5, 0.6) is 0 Å². The van der Waals surface area contributed by atoms with Gasteiger partial charge in [0.2, 0.25) is 0 Å². The van der Waals surface area contributed by atoms with Gasteiger partial charge in [0.05, 0.1) is 5.69 Å². The Kier molecular flexibility index (Phi) is 8.68. The molecule has 0 saturated heterocycles. The van der Waals surface area contributed by atoms with Gasteiger partial charge >= 0.3 is 0 Å². The Morgan fingerprint density at radius 2 is 1.06 bits per heavy atom. The number of hydrogen-bond donors (Lipinski definition) is 0. The molecule has 0 unspecified atom stereocenters. The molecule has 0 aliphatic carbocycles. The van der Waals surface area contributed by atoms with E-state index in [0.717, 1.165) is 22.8 Å². The highest BCUT2D eigenvalue weighted by Crippen LogP contribution is 2.40. The number of hydrogen-bond acceptors (Lipinski definition) is 1. The Bertz CT molecular complexity index is 891. The summed E-state index contributed by atoms with van der Waals surface area (Å²) in [7, 11) is 0. The first-order valence-corrected chi connectivity index (χ1v) is 11.7. The Morgan fingerprint density at radius 3 is 1.45 bits per heavy atom. The van der Waals surface area contributed by atoms with E-state index < -0.39 is 0 Å². The van der Waals surface area contributed by atoms with Crippen LogP contribution >= 0.6 is 0 Å². The fourth-order valence-corrected chi connectivity index (χ4v) is 4.00. The third kappa shape index (κ3) is 6.32. The second kappa shape index (κ2) is 10.8. The van der Waals surface area contributed by atoms with Gasteiger partial charge in [-0.1, -0.05) is 116 Å². The van der Waals surface area contributed by atoms with E-state index in [1.54, 1.807) is 0 Å². The third-order valence-corrected chi connectivity index (χ3v) is 5.68. The number of rotatable bonds is 8. The number of para-hydroxylation sites is 2. The maximum atomic E-state index is 5.08. The number of aliphatic imine (C=N–C) groups is 1. The normalized spacial score (nSPS) is 13.1. The Morgan fingerprint density at radius 1 is 0.677 bits per heavy atom. The predicted octanol–water partition coefficient (Wildman–Crippen LogP) is 9.88. The van der Waals surface area contributed by atoms with Crippen molar-refractivity contribution >= 4 is 17.1 Å². The first-order valence-electron chi connectivity index (χ1n) is 11.7. The van der Waals surface area contributed by atoms with E-state index in [9.17, 15) is 0 Å². The maximum absolute atomic E-state index is 5.08. The van der Waals surface area contributed by atoms with Crippen LogP contribution in [0.25, 0.3) is 5.32 Å². The lowest BCUT2D eigenvalue weighted by molar-refractivity contribution is 0.834. The van der Waals surface area contributed by atoms with Crippen LogP contribution in [-0.4, -0.2) is 5.71 Å². The average Bonchev–Trinajstić information content (AvgIpc) is 2.67. The van der Waals surface area contributed by atoms with Crippen molar-refractivity contribution in [3.63, 3.8) is 0 Å². The van der Waals surface area contributed by atoms with Gasteiger partial charge in [-0.15, -0.1) is 5.69 Å². The minimum atomic E-state index is 0.437. The molecule has 0 aliphatic heterocycles. The van der Waals surface area contributed by atoms with Gasteiger partial charge in [0, 0.05) is 5.71 Å². The third-order valence-electron chi connectivity index (χ3n) is 5.68. The summed E-state index contributed by atoms with van der Waals surface area (Å²) in [6.45, 7) is 22.1. The van der Waals surface area contributed by atoms with Crippen LogP contribution in [0, 0.1) is 0 Å². The summed E-state index contributed by atoms with van der Waals surface area (Å²) in [5, 5.41) is 5.08. The highest BCUT2D eigenvalue weighted by molar-refractivity contribution is 5.96. The van der Waals surface area contributed by atoms with Crippen molar-refractivity contribution in [1.82, 2.24) is 0 Å². The minimum Gasteiger partial charge on any atom is -0.661 e. The van der Waals surface area contributed by atoms with Gasteiger partial charge in [-0.05, 0) is 41.7 Å². The molecule has 2 aromatic rings. The van der Waals surface area contributed by atoms with Crippen molar-refractivity contribution in [2.45, 2.75) is 92.9 Å². The average molecular weight is 418 g/mol. The van der Waals surface area contributed by atoms with Gasteiger partial charge < -0.3 is 5.32 Å². The van der Waals surface area contributed by atoms with Crippen molar-refractivity contribution in [3.8, 4) is 0 Å². The first kappa shape index (κ1) is 24.9. The quantitative estimate of drug-likeness (QED) is 0.382. The molecule has 0 atom stereocenters. The molecule has 2 aromatic carbocycles. The molecule has 0 amide bonds. The molecule has 0 spiro atoms. The Balaban J connectivity index is 2.46. The SMILES string of the molecule is CC(/C=C(\C)[N-]c1c(C(C)C)cccc1C(C)C)=Nc1c(C(C)C)cccc1C(C)C. The van der Waals surface area contributed by atoms with Gasteiger partial charge in [0.15, 0.2) is 0 Å². The molecule has 0 fully saturated rings. The highest BCUT2D eigenvalue weighted by atomic mass is 14.9. The fourth-order valence-electron chi connectivity index (χ4n) is 4.00. The molecular weight excluding hydrogens is 376 g/mol. The van der Waals surface area contributed by atoms with Gasteiger partial charge in [0.1, 0.15) is 0 Å². The fraction of sp³-hybridized carbons (Fsp3) is 0.483. The largest absolute Gasteiger partial charge is 0.661 e. The molecule has 168 valence electrons. The molecular formula is C29H41N2-. The summed E-state index contributed by atoms with van der Waals surface area (Å²) in [4.78, 5) is 5.08. The molecule has 0 saturated carbocycles. The second-order valence-electron chi connectivity index (χ2n) is 9.84. The van der Waals surface area contributed by atoms with Crippen molar-refractivity contribution in [2.75, 3.05) is 0 Å². The van der Waals surface area contributed by atoms with Crippen LogP contribution in [0.4, 0.5) is 11.4 Å². The predicted molar refractivity (Wildman–Crippen MR) is 139 cm³/mol. The summed E-state index contributed by atoms with van der Waals surface area (Å²) in [6.07, 6.45) is 2.11. The summed E-state index contributed by atoms with van der Waals surface area (Å²) in [5.41, 5.74) is 9.45. The van der Waals surface area contributed by atoms with E-state index in [1.165, 1.54) is 22.3 Å². The highest BCUT2D eigenvalue weighted by Gasteiger charge is 2.13. The van der Waals surface area contributed by atoms with Crippen molar-refractivity contribution in [3.05, 3.63) is 75.7 Å². The first-order chi connectivity index (χ1) is 14.5. The zero-order chi connectivity index (χ0) is 23.3. The van der Waals surface area contributed by atoms with Crippen LogP contribution < -0.4 is 0 Å². The lowest BCUT2D eigenvalue weighted by Gasteiger charge is -2.32. The summed E-state index contributed by atoms with van der Waals surface area (Å²) >= 11 is 0. The van der Waals surface area contributed by atoms with Gasteiger partial charge in [0.25, 0.3) is 0 Å². The molecule has 0 aromatic heterocycles. The van der Waals surface area contributed by atoms with E-state index in [1.807, 2.05) is 0 Å². The molecule has 2 rings (SSSR count). The zero-order valence-corrected chi connectivity index (χ0v) is 21.2. The van der Waals surface area contributed by atoms with E-state index in [4.69, 9.17) is 10.3 Å². The van der Waals surface area contributed by atoms with Crippen molar-refractivity contribution in [1.29, 1.82) is 0 Å². The van der Waals surface area contributed by atoms with Gasteiger partial charge in [-0.2, -0.15) is 5.70 Å². The summed E-state index contributed by atoms with van der Waals surface area (Å²) in [6, 6.07) is 13.1. The summed E-state index contributed by atoms with van der Waals surface area (Å²) < 4.78 is 0. The topological polar surface area (TPSA) is 26.5 Å². The van der Waals surface area contributed by atoms with Crippen LogP contribution in [0.1, 0.15) is 115 Å².